The lowest BCUT2D eigenvalue weighted by atomic mass is 10.1. The highest BCUT2D eigenvalue weighted by Crippen LogP contribution is 2.23. The summed E-state index contributed by atoms with van der Waals surface area (Å²) >= 11 is 0. The molecule has 2 aromatic rings. The molecule has 1 aliphatic rings. The van der Waals surface area contributed by atoms with E-state index >= 15 is 0 Å². The first-order valence-electron chi connectivity index (χ1n) is 10.7. The summed E-state index contributed by atoms with van der Waals surface area (Å²) in [5.74, 6) is -2.10. The molecular formula is C24H27N3O7. The highest BCUT2D eigenvalue weighted by Gasteiger charge is 2.37. The molecule has 34 heavy (non-hydrogen) atoms. The predicted molar refractivity (Wildman–Crippen MR) is 121 cm³/mol. The van der Waals surface area contributed by atoms with Crippen LogP contribution >= 0.6 is 0 Å². The number of benzene rings is 2. The number of methoxy groups -OCH3 is 2. The molecule has 0 bridgehead atoms. The van der Waals surface area contributed by atoms with E-state index in [9.17, 15) is 19.2 Å². The van der Waals surface area contributed by atoms with Crippen molar-refractivity contribution in [2.24, 2.45) is 5.92 Å². The number of esters is 1. The Morgan fingerprint density at radius 2 is 1.71 bits per heavy atom. The van der Waals surface area contributed by atoms with Gasteiger partial charge in [0.05, 0.1) is 32.7 Å². The van der Waals surface area contributed by atoms with Gasteiger partial charge in [0.15, 0.2) is 6.61 Å². The van der Waals surface area contributed by atoms with E-state index in [1.54, 1.807) is 6.07 Å². The molecule has 0 radical (unpaired) electrons. The summed E-state index contributed by atoms with van der Waals surface area (Å²) < 4.78 is 15.4. The third kappa shape index (κ3) is 6.25. The number of hydrazine groups is 1. The average molecular weight is 469 g/mol. The third-order valence-electron chi connectivity index (χ3n) is 5.33. The predicted octanol–water partition coefficient (Wildman–Crippen LogP) is 1.62. The molecule has 0 spiro atoms. The maximum atomic E-state index is 12.6. The second-order valence-corrected chi connectivity index (χ2v) is 7.76. The van der Waals surface area contributed by atoms with Gasteiger partial charge in [-0.1, -0.05) is 30.3 Å². The summed E-state index contributed by atoms with van der Waals surface area (Å²) in [4.78, 5) is 49.5. The van der Waals surface area contributed by atoms with E-state index in [4.69, 9.17) is 14.2 Å². The van der Waals surface area contributed by atoms with Crippen molar-refractivity contribution >= 4 is 23.7 Å². The van der Waals surface area contributed by atoms with Crippen LogP contribution in [0.2, 0.25) is 0 Å². The van der Waals surface area contributed by atoms with Crippen LogP contribution in [0, 0.1) is 5.92 Å². The SMILES string of the molecule is COc1cc(OC)cc(C(=O)NN2C[C@H](C(=O)OCC(=O)N[C@@H](C)c3ccccc3)CC2=O)c1. The molecule has 2 aromatic carbocycles. The molecule has 10 nitrogen and oxygen atoms in total. The zero-order chi connectivity index (χ0) is 24.7. The van der Waals surface area contributed by atoms with Crippen LogP contribution in [-0.4, -0.2) is 56.1 Å². The van der Waals surface area contributed by atoms with Crippen molar-refractivity contribution in [2.75, 3.05) is 27.4 Å². The number of carbonyl (C=O) groups excluding carboxylic acids is 4. The first-order valence-corrected chi connectivity index (χ1v) is 10.7. The number of rotatable bonds is 9. The smallest absolute Gasteiger partial charge is 0.311 e. The maximum Gasteiger partial charge on any atom is 0.311 e. The van der Waals surface area contributed by atoms with Gasteiger partial charge in [0.1, 0.15) is 11.5 Å². The Morgan fingerprint density at radius 3 is 2.32 bits per heavy atom. The van der Waals surface area contributed by atoms with Crippen molar-refractivity contribution in [1.82, 2.24) is 15.8 Å². The molecule has 1 aliphatic heterocycles. The van der Waals surface area contributed by atoms with Crippen LogP contribution in [0.1, 0.15) is 35.3 Å². The van der Waals surface area contributed by atoms with Crippen LogP contribution in [-0.2, 0) is 19.1 Å². The van der Waals surface area contributed by atoms with Crippen LogP contribution in [0.3, 0.4) is 0 Å². The first kappa shape index (κ1) is 24.6. The third-order valence-corrected chi connectivity index (χ3v) is 5.33. The van der Waals surface area contributed by atoms with Gasteiger partial charge < -0.3 is 19.5 Å². The molecule has 2 atom stereocenters. The molecule has 180 valence electrons. The normalized spacial score (nSPS) is 15.9. The number of carbonyl (C=O) groups is 4. The molecular weight excluding hydrogens is 442 g/mol. The van der Waals surface area contributed by atoms with E-state index in [1.165, 1.54) is 26.4 Å². The molecule has 1 heterocycles. The Morgan fingerprint density at radius 1 is 1.06 bits per heavy atom. The number of ether oxygens (including phenoxy) is 3. The molecule has 0 aliphatic carbocycles. The van der Waals surface area contributed by atoms with Gasteiger partial charge in [-0.15, -0.1) is 0 Å². The number of nitrogens with zero attached hydrogens (tertiary/aromatic N) is 1. The fourth-order valence-corrected chi connectivity index (χ4v) is 3.46. The largest absolute Gasteiger partial charge is 0.497 e. The topological polar surface area (TPSA) is 123 Å². The quantitative estimate of drug-likeness (QED) is 0.535. The van der Waals surface area contributed by atoms with E-state index in [1.807, 2.05) is 37.3 Å². The monoisotopic (exact) mass is 469 g/mol. The summed E-state index contributed by atoms with van der Waals surface area (Å²) in [5, 5.41) is 3.82. The van der Waals surface area contributed by atoms with Crippen LogP contribution in [0.15, 0.2) is 48.5 Å². The second-order valence-electron chi connectivity index (χ2n) is 7.76. The number of hydrogen-bond acceptors (Lipinski definition) is 7. The zero-order valence-corrected chi connectivity index (χ0v) is 19.2. The summed E-state index contributed by atoms with van der Waals surface area (Å²) in [6, 6.07) is 13.7. The zero-order valence-electron chi connectivity index (χ0n) is 19.2. The van der Waals surface area contributed by atoms with Gasteiger partial charge in [-0.2, -0.15) is 0 Å². The minimum absolute atomic E-state index is 0.0629. The molecule has 1 fully saturated rings. The maximum absolute atomic E-state index is 12.6. The summed E-state index contributed by atoms with van der Waals surface area (Å²) in [6.45, 7) is 1.30. The van der Waals surface area contributed by atoms with Crippen molar-refractivity contribution in [3.8, 4) is 11.5 Å². The lowest BCUT2D eigenvalue weighted by molar-refractivity contribution is -0.152. The fraction of sp³-hybridized carbons (Fsp3) is 0.333. The van der Waals surface area contributed by atoms with Crippen LogP contribution in [0.4, 0.5) is 0 Å². The lowest BCUT2D eigenvalue weighted by Gasteiger charge is -2.18. The van der Waals surface area contributed by atoms with Gasteiger partial charge in [0, 0.05) is 18.1 Å². The average Bonchev–Trinajstić information content (AvgIpc) is 3.22. The van der Waals surface area contributed by atoms with Gasteiger partial charge in [0.25, 0.3) is 11.8 Å². The van der Waals surface area contributed by atoms with Gasteiger partial charge in [-0.3, -0.25) is 29.6 Å². The van der Waals surface area contributed by atoms with E-state index in [0.29, 0.717) is 11.5 Å². The Kier molecular flexibility index (Phi) is 8.07. The van der Waals surface area contributed by atoms with Crippen LogP contribution in [0.25, 0.3) is 0 Å². The Bertz CT molecular complexity index is 1040. The highest BCUT2D eigenvalue weighted by molar-refractivity contribution is 5.97. The highest BCUT2D eigenvalue weighted by atomic mass is 16.5. The van der Waals surface area contributed by atoms with E-state index < -0.39 is 36.2 Å². The van der Waals surface area contributed by atoms with Crippen molar-refractivity contribution in [1.29, 1.82) is 0 Å². The Labute approximate surface area is 197 Å². The molecule has 1 saturated heterocycles. The Balaban J connectivity index is 1.50. The molecule has 3 rings (SSSR count). The van der Waals surface area contributed by atoms with Crippen LogP contribution in [0.5, 0.6) is 11.5 Å². The minimum Gasteiger partial charge on any atom is -0.497 e. The number of hydrogen-bond donors (Lipinski definition) is 2. The van der Waals surface area contributed by atoms with Crippen molar-refractivity contribution in [3.63, 3.8) is 0 Å². The molecule has 3 amide bonds. The van der Waals surface area contributed by atoms with Gasteiger partial charge >= 0.3 is 5.97 Å². The summed E-state index contributed by atoms with van der Waals surface area (Å²) in [6.07, 6.45) is -0.136. The van der Waals surface area contributed by atoms with E-state index in [-0.39, 0.29) is 24.6 Å². The van der Waals surface area contributed by atoms with Gasteiger partial charge in [-0.25, -0.2) is 0 Å². The van der Waals surface area contributed by atoms with Gasteiger partial charge in [-0.05, 0) is 24.6 Å². The van der Waals surface area contributed by atoms with E-state index in [2.05, 4.69) is 10.7 Å². The standard InChI is InChI=1S/C24H27N3O7/c1-15(16-7-5-4-6-8-16)25-21(28)14-34-24(31)18-11-22(29)27(13-18)26-23(30)17-9-19(32-2)12-20(10-17)33-3/h4-10,12,15,18H,11,13-14H2,1-3H3,(H,25,28)(H,26,30)/t15-,18+/m0/s1. The second kappa shape index (κ2) is 11.2. The van der Waals surface area contributed by atoms with Crippen molar-refractivity contribution < 1.29 is 33.4 Å². The molecule has 0 saturated carbocycles. The van der Waals surface area contributed by atoms with Crippen LogP contribution < -0.4 is 20.2 Å². The van der Waals surface area contributed by atoms with Gasteiger partial charge in [0.2, 0.25) is 5.91 Å². The summed E-state index contributed by atoms with van der Waals surface area (Å²) in [5.41, 5.74) is 3.63. The first-order chi connectivity index (χ1) is 16.3. The molecule has 0 aromatic heterocycles. The minimum atomic E-state index is -0.799. The van der Waals surface area contributed by atoms with Crippen molar-refractivity contribution in [2.45, 2.75) is 19.4 Å². The molecule has 2 N–H and O–H groups in total. The lowest BCUT2D eigenvalue weighted by Crippen LogP contribution is -2.43. The summed E-state index contributed by atoms with van der Waals surface area (Å²) in [7, 11) is 2.92. The Hall–Kier alpha value is -4.08. The molecule has 0 unspecified atom stereocenters. The number of nitrogens with one attached hydrogen (secondary N) is 2. The molecule has 10 heteroatoms. The van der Waals surface area contributed by atoms with Crippen molar-refractivity contribution in [3.05, 3.63) is 59.7 Å². The van der Waals surface area contributed by atoms with E-state index in [0.717, 1.165) is 10.6 Å². The number of amides is 3. The fourth-order valence-electron chi connectivity index (χ4n) is 3.46.